The van der Waals surface area contributed by atoms with Crippen molar-refractivity contribution in [2.75, 3.05) is 19.0 Å². The molecule has 1 N–H and O–H groups in total. The number of fused-ring (bicyclic) bond motifs is 1. The minimum Gasteiger partial charge on any atom is -0.495 e. The highest BCUT2D eigenvalue weighted by molar-refractivity contribution is 5.64. The minimum atomic E-state index is 0.612. The highest BCUT2D eigenvalue weighted by Gasteiger charge is 2.24. The van der Waals surface area contributed by atoms with Gasteiger partial charge in [0.15, 0.2) is 0 Å². The van der Waals surface area contributed by atoms with E-state index in [4.69, 9.17) is 4.74 Å². The van der Waals surface area contributed by atoms with Gasteiger partial charge >= 0.3 is 0 Å². The summed E-state index contributed by atoms with van der Waals surface area (Å²) in [5.41, 5.74) is 2.56. The highest BCUT2D eigenvalue weighted by Crippen LogP contribution is 2.39. The summed E-state index contributed by atoms with van der Waals surface area (Å²) in [6.45, 7) is 5.60. The van der Waals surface area contributed by atoms with Gasteiger partial charge < -0.3 is 10.1 Å². The van der Waals surface area contributed by atoms with E-state index in [2.05, 4.69) is 31.3 Å². The molecule has 0 amide bonds. The Labute approximate surface area is 85.3 Å². The number of rotatable bonds is 1. The molecule has 1 aliphatic rings. The Hall–Kier alpha value is -1.18. The van der Waals surface area contributed by atoms with Crippen LogP contribution in [-0.2, 0) is 0 Å². The molecule has 1 heterocycles. The fraction of sp³-hybridized carbons (Fsp3) is 0.500. The quantitative estimate of drug-likeness (QED) is 0.737. The van der Waals surface area contributed by atoms with E-state index in [9.17, 15) is 0 Å². The zero-order valence-corrected chi connectivity index (χ0v) is 9.00. The summed E-state index contributed by atoms with van der Waals surface area (Å²) in [5.74, 6) is 2.26. The molecule has 0 bridgehead atoms. The second-order valence-electron chi connectivity index (χ2n) is 4.07. The molecule has 2 nitrogen and oxygen atoms in total. The van der Waals surface area contributed by atoms with Crippen molar-refractivity contribution in [2.24, 2.45) is 5.92 Å². The fourth-order valence-electron chi connectivity index (χ4n) is 2.03. The van der Waals surface area contributed by atoms with E-state index in [0.29, 0.717) is 11.8 Å². The van der Waals surface area contributed by atoms with Crippen LogP contribution < -0.4 is 10.1 Å². The Balaban J connectivity index is 2.47. The maximum absolute atomic E-state index is 5.33. The van der Waals surface area contributed by atoms with Crippen LogP contribution in [0.2, 0.25) is 0 Å². The smallest absolute Gasteiger partial charge is 0.142 e. The summed E-state index contributed by atoms with van der Waals surface area (Å²) in [5, 5.41) is 3.44. The summed E-state index contributed by atoms with van der Waals surface area (Å²) < 4.78 is 5.33. The van der Waals surface area contributed by atoms with Crippen LogP contribution in [0.4, 0.5) is 5.69 Å². The average molecular weight is 191 g/mol. The summed E-state index contributed by atoms with van der Waals surface area (Å²) in [6, 6.07) is 6.26. The molecule has 2 heteroatoms. The molecule has 0 fully saturated rings. The topological polar surface area (TPSA) is 21.3 Å². The molecule has 2 atom stereocenters. The van der Waals surface area contributed by atoms with Crippen LogP contribution in [0.25, 0.3) is 0 Å². The molecule has 0 aliphatic carbocycles. The van der Waals surface area contributed by atoms with Crippen LogP contribution in [-0.4, -0.2) is 13.7 Å². The average Bonchev–Trinajstić information content (AvgIpc) is 2.23. The van der Waals surface area contributed by atoms with Gasteiger partial charge in [0.1, 0.15) is 5.75 Å². The largest absolute Gasteiger partial charge is 0.495 e. The van der Waals surface area contributed by atoms with Crippen molar-refractivity contribution >= 4 is 5.69 Å². The number of anilines is 1. The van der Waals surface area contributed by atoms with E-state index >= 15 is 0 Å². The molecule has 2 rings (SSSR count). The minimum absolute atomic E-state index is 0.612. The molecular weight excluding hydrogens is 174 g/mol. The van der Waals surface area contributed by atoms with Crippen molar-refractivity contribution in [3.63, 3.8) is 0 Å². The zero-order valence-electron chi connectivity index (χ0n) is 9.00. The van der Waals surface area contributed by atoms with Gasteiger partial charge in [-0.05, 0) is 23.5 Å². The van der Waals surface area contributed by atoms with E-state index in [1.165, 1.54) is 11.3 Å². The van der Waals surface area contributed by atoms with Crippen LogP contribution >= 0.6 is 0 Å². The van der Waals surface area contributed by atoms with Gasteiger partial charge in [-0.2, -0.15) is 0 Å². The van der Waals surface area contributed by atoms with Crippen LogP contribution in [0.1, 0.15) is 25.3 Å². The van der Waals surface area contributed by atoms with E-state index < -0.39 is 0 Å². The number of benzene rings is 1. The number of hydrogen-bond donors (Lipinski definition) is 1. The van der Waals surface area contributed by atoms with Crippen molar-refractivity contribution in [3.05, 3.63) is 23.8 Å². The Morgan fingerprint density at radius 3 is 2.86 bits per heavy atom. The van der Waals surface area contributed by atoms with Crippen molar-refractivity contribution in [2.45, 2.75) is 19.8 Å². The molecule has 0 radical (unpaired) electrons. The van der Waals surface area contributed by atoms with Crippen molar-refractivity contribution in [1.82, 2.24) is 0 Å². The van der Waals surface area contributed by atoms with Crippen LogP contribution in [0.3, 0.4) is 0 Å². The SMILES string of the molecule is COc1cccc2c1NCC(C)C2C. The lowest BCUT2D eigenvalue weighted by Crippen LogP contribution is -2.24. The Morgan fingerprint density at radius 1 is 1.36 bits per heavy atom. The van der Waals surface area contributed by atoms with Gasteiger partial charge in [-0.3, -0.25) is 0 Å². The van der Waals surface area contributed by atoms with Gasteiger partial charge in [0.05, 0.1) is 12.8 Å². The van der Waals surface area contributed by atoms with Crippen LogP contribution in [0.5, 0.6) is 5.75 Å². The molecule has 1 aromatic carbocycles. The van der Waals surface area contributed by atoms with E-state index in [1.807, 2.05) is 6.07 Å². The lowest BCUT2D eigenvalue weighted by atomic mass is 9.84. The monoisotopic (exact) mass is 191 g/mol. The molecule has 14 heavy (non-hydrogen) atoms. The maximum Gasteiger partial charge on any atom is 0.142 e. The molecule has 0 saturated heterocycles. The Bertz CT molecular complexity index is 335. The molecule has 0 spiro atoms. The van der Waals surface area contributed by atoms with Crippen LogP contribution in [0, 0.1) is 5.92 Å². The summed E-state index contributed by atoms with van der Waals surface area (Å²) in [4.78, 5) is 0. The highest BCUT2D eigenvalue weighted by atomic mass is 16.5. The third-order valence-corrected chi connectivity index (χ3v) is 3.22. The Kier molecular flexibility index (Phi) is 2.36. The fourth-order valence-corrected chi connectivity index (χ4v) is 2.03. The molecule has 1 aromatic rings. The normalized spacial score (nSPS) is 25.1. The number of para-hydroxylation sites is 1. The van der Waals surface area contributed by atoms with Gasteiger partial charge in [-0.15, -0.1) is 0 Å². The van der Waals surface area contributed by atoms with Gasteiger partial charge in [0, 0.05) is 6.54 Å². The summed E-state index contributed by atoms with van der Waals surface area (Å²) >= 11 is 0. The van der Waals surface area contributed by atoms with Crippen LogP contribution in [0.15, 0.2) is 18.2 Å². The van der Waals surface area contributed by atoms with Gasteiger partial charge in [-0.25, -0.2) is 0 Å². The predicted molar refractivity (Wildman–Crippen MR) is 59.1 cm³/mol. The lowest BCUT2D eigenvalue weighted by Gasteiger charge is -2.30. The first-order valence-electron chi connectivity index (χ1n) is 5.14. The van der Waals surface area contributed by atoms with E-state index in [1.54, 1.807) is 7.11 Å². The molecule has 2 unspecified atom stereocenters. The third kappa shape index (κ3) is 1.35. The second-order valence-corrected chi connectivity index (χ2v) is 4.07. The van der Waals surface area contributed by atoms with E-state index in [0.717, 1.165) is 12.3 Å². The zero-order chi connectivity index (χ0) is 10.1. The number of hydrogen-bond acceptors (Lipinski definition) is 2. The van der Waals surface area contributed by atoms with Crippen molar-refractivity contribution < 1.29 is 4.74 Å². The molecule has 0 saturated carbocycles. The second kappa shape index (κ2) is 3.52. The third-order valence-electron chi connectivity index (χ3n) is 3.22. The Morgan fingerprint density at radius 2 is 2.14 bits per heavy atom. The van der Waals surface area contributed by atoms with Gasteiger partial charge in [0.2, 0.25) is 0 Å². The molecule has 1 aliphatic heterocycles. The van der Waals surface area contributed by atoms with Crippen molar-refractivity contribution in [1.29, 1.82) is 0 Å². The van der Waals surface area contributed by atoms with Crippen molar-refractivity contribution in [3.8, 4) is 5.75 Å². The number of ether oxygens (including phenoxy) is 1. The molecule has 76 valence electrons. The van der Waals surface area contributed by atoms with E-state index in [-0.39, 0.29) is 0 Å². The maximum atomic E-state index is 5.33. The first kappa shape index (κ1) is 9.38. The first-order chi connectivity index (χ1) is 6.74. The number of nitrogens with one attached hydrogen (secondary N) is 1. The summed E-state index contributed by atoms with van der Waals surface area (Å²) in [7, 11) is 1.72. The first-order valence-corrected chi connectivity index (χ1v) is 5.14. The molecule has 0 aromatic heterocycles. The molecular formula is C12H17NO. The number of methoxy groups -OCH3 is 1. The summed E-state index contributed by atoms with van der Waals surface area (Å²) in [6.07, 6.45) is 0. The standard InChI is InChI=1S/C12H17NO/c1-8-7-13-12-10(9(8)2)5-4-6-11(12)14-3/h4-6,8-9,13H,7H2,1-3H3. The lowest BCUT2D eigenvalue weighted by molar-refractivity contribution is 0.410. The predicted octanol–water partition coefficient (Wildman–Crippen LogP) is 2.86. The van der Waals surface area contributed by atoms with Gasteiger partial charge in [-0.1, -0.05) is 26.0 Å². The van der Waals surface area contributed by atoms with Gasteiger partial charge in [0.25, 0.3) is 0 Å².